The lowest BCUT2D eigenvalue weighted by atomic mass is 10.0. The summed E-state index contributed by atoms with van der Waals surface area (Å²) in [6, 6.07) is 15.2. The lowest BCUT2D eigenvalue weighted by Gasteiger charge is -2.31. The van der Waals surface area contributed by atoms with E-state index < -0.39 is 23.5 Å². The lowest BCUT2D eigenvalue weighted by molar-refractivity contribution is -0.128. The maximum absolute atomic E-state index is 14.5. The Kier molecular flexibility index (Phi) is 5.86. The van der Waals surface area contributed by atoms with E-state index in [4.69, 9.17) is 18.9 Å². The molecule has 0 atom stereocenters. The zero-order valence-electron chi connectivity index (χ0n) is 20.8. The number of ether oxygens (including phenoxy) is 4. The van der Waals surface area contributed by atoms with E-state index in [0.29, 0.717) is 33.8 Å². The number of esters is 2. The molecule has 0 unspecified atom stereocenters. The molecule has 188 valence electrons. The highest BCUT2D eigenvalue weighted by Gasteiger charge is 2.34. The molecule has 3 aromatic carbocycles. The number of fused-ring (bicyclic) bond motifs is 2. The van der Waals surface area contributed by atoms with Gasteiger partial charge in [-0.25, -0.2) is 14.0 Å². The largest absolute Gasteiger partial charge is 0.452 e. The smallest absolute Gasteiger partial charge is 0.345 e. The van der Waals surface area contributed by atoms with Crippen LogP contribution in [0, 0.1) is 5.82 Å². The van der Waals surface area contributed by atoms with Crippen molar-refractivity contribution in [3.05, 3.63) is 93.8 Å². The maximum atomic E-state index is 14.5. The van der Waals surface area contributed by atoms with Crippen molar-refractivity contribution >= 4 is 36.2 Å². The first kappa shape index (κ1) is 24.3. The minimum absolute atomic E-state index is 0.321. The Hall–Kier alpha value is -4.39. The van der Waals surface area contributed by atoms with Crippen LogP contribution in [0.5, 0.6) is 11.5 Å². The van der Waals surface area contributed by atoms with E-state index in [1.807, 2.05) is 18.2 Å². The van der Waals surface area contributed by atoms with Crippen molar-refractivity contribution in [1.82, 2.24) is 0 Å². The Morgan fingerprint density at radius 2 is 1.03 bits per heavy atom. The zero-order valence-corrected chi connectivity index (χ0v) is 20.8. The summed E-state index contributed by atoms with van der Waals surface area (Å²) in [7, 11) is 0. The van der Waals surface area contributed by atoms with Crippen molar-refractivity contribution in [2.75, 3.05) is 0 Å². The highest BCUT2D eigenvalue weighted by Crippen LogP contribution is 2.33. The van der Waals surface area contributed by atoms with Crippen molar-refractivity contribution in [3.8, 4) is 11.5 Å². The van der Waals surface area contributed by atoms with E-state index >= 15 is 0 Å². The van der Waals surface area contributed by atoms with Crippen LogP contribution in [-0.4, -0.2) is 23.5 Å². The normalized spacial score (nSPS) is 17.4. The predicted molar refractivity (Wildman–Crippen MR) is 137 cm³/mol. The zero-order chi connectivity index (χ0) is 26.4. The molecule has 0 radical (unpaired) electrons. The minimum Gasteiger partial charge on any atom is -0.452 e. The van der Waals surface area contributed by atoms with Crippen LogP contribution < -0.4 is 9.47 Å². The molecular weight excluding hydrogens is 475 g/mol. The second-order valence-electron chi connectivity index (χ2n) is 9.74. The van der Waals surface area contributed by atoms with Gasteiger partial charge >= 0.3 is 11.9 Å². The average molecular weight is 501 g/mol. The fourth-order valence-electron chi connectivity index (χ4n) is 4.10. The summed E-state index contributed by atoms with van der Waals surface area (Å²) in [5, 5.41) is 0. The molecule has 0 aliphatic carbocycles. The van der Waals surface area contributed by atoms with E-state index in [0.717, 1.165) is 11.1 Å². The highest BCUT2D eigenvalue weighted by molar-refractivity contribution is 5.95. The average Bonchev–Trinajstić information content (AvgIpc) is 2.82. The molecule has 7 heteroatoms. The van der Waals surface area contributed by atoms with E-state index in [1.165, 1.54) is 6.07 Å². The molecule has 0 fully saturated rings. The third-order valence-electron chi connectivity index (χ3n) is 5.78. The van der Waals surface area contributed by atoms with Gasteiger partial charge in [0.15, 0.2) is 0 Å². The number of carbonyl (C=O) groups is 2. The van der Waals surface area contributed by atoms with Crippen LogP contribution in [0.3, 0.4) is 0 Å². The van der Waals surface area contributed by atoms with Crippen molar-refractivity contribution < 1.29 is 32.9 Å². The van der Waals surface area contributed by atoms with Gasteiger partial charge in [-0.15, -0.1) is 0 Å². The first-order valence-corrected chi connectivity index (χ1v) is 11.8. The molecule has 0 spiro atoms. The Morgan fingerprint density at radius 1 is 0.595 bits per heavy atom. The van der Waals surface area contributed by atoms with Gasteiger partial charge in [-0.05, 0) is 53.1 Å². The molecule has 37 heavy (non-hydrogen) atoms. The molecule has 0 aromatic heterocycles. The molecule has 5 rings (SSSR count). The molecule has 2 heterocycles. The van der Waals surface area contributed by atoms with Crippen LogP contribution in [0.15, 0.2) is 54.6 Å². The van der Waals surface area contributed by atoms with Gasteiger partial charge in [0.2, 0.25) is 11.6 Å². The van der Waals surface area contributed by atoms with Gasteiger partial charge in [0.05, 0.1) is 0 Å². The molecule has 2 aliphatic heterocycles. The summed E-state index contributed by atoms with van der Waals surface area (Å²) in [5.41, 5.74) is 3.29. The first-order chi connectivity index (χ1) is 17.5. The van der Waals surface area contributed by atoms with Crippen molar-refractivity contribution in [1.29, 1.82) is 0 Å². The van der Waals surface area contributed by atoms with E-state index in [-0.39, 0.29) is 5.82 Å². The number of carbonyl (C=O) groups excluding carboxylic acids is 2. The second-order valence-corrected chi connectivity index (χ2v) is 9.74. The fraction of sp³-hybridized carbons (Fsp3) is 0.200. The molecule has 0 N–H and O–H groups in total. The quantitative estimate of drug-likeness (QED) is 0.292. The van der Waals surface area contributed by atoms with Crippen LogP contribution in [-0.2, 0) is 9.47 Å². The van der Waals surface area contributed by atoms with Crippen LogP contribution >= 0.6 is 0 Å². The number of benzene rings is 3. The van der Waals surface area contributed by atoms with Crippen LogP contribution in [0.4, 0.5) is 4.39 Å². The summed E-state index contributed by atoms with van der Waals surface area (Å²) < 4.78 is 36.5. The van der Waals surface area contributed by atoms with Crippen molar-refractivity contribution in [2.24, 2.45) is 0 Å². The molecule has 3 aromatic rings. The topological polar surface area (TPSA) is 71.1 Å². The first-order valence-electron chi connectivity index (χ1n) is 11.8. The summed E-state index contributed by atoms with van der Waals surface area (Å²) in [5.74, 6) is -2.40. The van der Waals surface area contributed by atoms with E-state index in [2.05, 4.69) is 0 Å². The van der Waals surface area contributed by atoms with Crippen LogP contribution in [0.1, 0.15) is 70.7 Å². The van der Waals surface area contributed by atoms with Gasteiger partial charge in [-0.3, -0.25) is 0 Å². The Morgan fingerprint density at radius 3 is 1.54 bits per heavy atom. The third-order valence-corrected chi connectivity index (χ3v) is 5.78. The number of cyclic esters (lactones) is 2. The summed E-state index contributed by atoms with van der Waals surface area (Å²) in [6.07, 6.45) is 7.01. The SMILES string of the molecule is CC1(C)OC(=O)c2cc(/C=C/c3ccc(F)c(/C=C/c4ccc5c(c4)C(=O)OC(C)(C)O5)c3)ccc2O1. The standard InChI is InChI=1S/C30H25FO6/c1-29(2)34-25-13-9-19(16-22(25)27(32)36-29)6-5-18-8-12-24(31)21(15-18)11-7-20-10-14-26-23(17-20)28(33)37-30(3,4)35-26/h5-17H,1-4H3/b6-5+,11-7+. The number of hydrogen-bond donors (Lipinski definition) is 0. The fourth-order valence-corrected chi connectivity index (χ4v) is 4.10. The van der Waals surface area contributed by atoms with Gasteiger partial charge in [-0.2, -0.15) is 0 Å². The second kappa shape index (κ2) is 8.92. The monoisotopic (exact) mass is 500 g/mol. The number of rotatable bonds is 4. The van der Waals surface area contributed by atoms with Gasteiger partial charge < -0.3 is 18.9 Å². The van der Waals surface area contributed by atoms with Crippen LogP contribution in [0.2, 0.25) is 0 Å². The molecule has 2 aliphatic rings. The lowest BCUT2D eigenvalue weighted by Crippen LogP contribution is -2.38. The van der Waals surface area contributed by atoms with Crippen molar-refractivity contribution in [3.63, 3.8) is 0 Å². The van der Waals surface area contributed by atoms with Gasteiger partial charge in [0.1, 0.15) is 28.4 Å². The van der Waals surface area contributed by atoms with Gasteiger partial charge in [-0.1, -0.05) is 42.5 Å². The van der Waals surface area contributed by atoms with E-state index in [1.54, 1.807) is 82.3 Å². The molecule has 0 bridgehead atoms. The number of halogens is 1. The summed E-state index contributed by atoms with van der Waals surface area (Å²) >= 11 is 0. The molecule has 6 nitrogen and oxygen atoms in total. The minimum atomic E-state index is -1.02. The summed E-state index contributed by atoms with van der Waals surface area (Å²) in [6.45, 7) is 6.69. The molecule has 0 saturated heterocycles. The highest BCUT2D eigenvalue weighted by atomic mass is 19.1. The molecule has 0 saturated carbocycles. The third kappa shape index (κ3) is 5.26. The number of hydrogen-bond acceptors (Lipinski definition) is 6. The van der Waals surface area contributed by atoms with Crippen molar-refractivity contribution in [2.45, 2.75) is 39.3 Å². The molecular formula is C30H25FO6. The Bertz CT molecular complexity index is 1480. The predicted octanol–water partition coefficient (Wildman–Crippen LogP) is 6.74. The Balaban J connectivity index is 1.35. The van der Waals surface area contributed by atoms with Gasteiger partial charge in [0, 0.05) is 33.3 Å². The maximum Gasteiger partial charge on any atom is 0.345 e. The van der Waals surface area contributed by atoms with Gasteiger partial charge in [0.25, 0.3) is 0 Å². The van der Waals surface area contributed by atoms with Crippen LogP contribution in [0.25, 0.3) is 24.3 Å². The molecule has 0 amide bonds. The Labute approximate surface area is 213 Å². The van der Waals surface area contributed by atoms with E-state index in [9.17, 15) is 14.0 Å². The summed E-state index contributed by atoms with van der Waals surface area (Å²) in [4.78, 5) is 24.6.